The van der Waals surface area contributed by atoms with E-state index in [1.807, 2.05) is 0 Å². The molecule has 0 bridgehead atoms. The van der Waals surface area contributed by atoms with Crippen molar-refractivity contribution in [3.8, 4) is 34.6 Å². The summed E-state index contributed by atoms with van der Waals surface area (Å²) in [6.07, 6.45) is 6.08. The van der Waals surface area contributed by atoms with Crippen LogP contribution in [-0.4, -0.2) is 32.5 Å². The molecule has 0 unspecified atom stereocenters. The van der Waals surface area contributed by atoms with Crippen molar-refractivity contribution in [3.05, 3.63) is 72.8 Å². The number of hydrogen-bond acceptors (Lipinski definition) is 10. The van der Waals surface area contributed by atoms with E-state index in [1.54, 1.807) is 79.1 Å². The Morgan fingerprint density at radius 2 is 1.11 bits per heavy atom. The van der Waals surface area contributed by atoms with E-state index in [0.29, 0.717) is 34.3 Å². The summed E-state index contributed by atoms with van der Waals surface area (Å²) in [5.41, 5.74) is 3.09. The summed E-state index contributed by atoms with van der Waals surface area (Å²) in [5, 5.41) is 10.1. The fourth-order valence-corrected chi connectivity index (χ4v) is 3.55. The number of aliphatic imine (C=N–C) groups is 3. The number of nitriles is 1. The second-order valence-corrected chi connectivity index (χ2v) is 7.20. The van der Waals surface area contributed by atoms with Crippen molar-refractivity contribution in [2.24, 2.45) is 15.0 Å². The van der Waals surface area contributed by atoms with Crippen LogP contribution in [0.3, 0.4) is 0 Å². The van der Waals surface area contributed by atoms with Gasteiger partial charge in [-0.05, 0) is 47.5 Å². The Kier molecular flexibility index (Phi) is 9.38. The molecule has 4 rings (SSSR count). The lowest BCUT2D eigenvalue weighted by Crippen LogP contribution is -1.91. The van der Waals surface area contributed by atoms with Gasteiger partial charge in [0.15, 0.2) is 11.5 Å². The lowest BCUT2D eigenvalue weighted by atomic mass is 10.0. The molecule has 0 aromatic heterocycles. The Labute approximate surface area is 216 Å². The molecular formula is C28H18N4O6. The monoisotopic (exact) mass is 506 g/mol. The van der Waals surface area contributed by atoms with Crippen LogP contribution in [0, 0.1) is 11.5 Å². The summed E-state index contributed by atoms with van der Waals surface area (Å²) < 4.78 is 15.2. The van der Waals surface area contributed by atoms with Gasteiger partial charge < -0.3 is 14.2 Å². The van der Waals surface area contributed by atoms with Crippen LogP contribution in [0.15, 0.2) is 87.8 Å². The topological polar surface area (TPSA) is 140 Å². The van der Waals surface area contributed by atoms with E-state index in [4.69, 9.17) is 19.5 Å². The molecule has 0 radical (unpaired) electrons. The van der Waals surface area contributed by atoms with Crippen LogP contribution in [0.2, 0.25) is 0 Å². The van der Waals surface area contributed by atoms with E-state index in [9.17, 15) is 14.4 Å². The Hall–Kier alpha value is -5.83. The summed E-state index contributed by atoms with van der Waals surface area (Å²) in [6, 6.07) is 20.8. The third-order valence-corrected chi connectivity index (χ3v) is 5.21. The minimum absolute atomic E-state index is 0.336. The molecule has 4 aromatic carbocycles. The van der Waals surface area contributed by atoms with E-state index in [2.05, 4.69) is 15.0 Å². The van der Waals surface area contributed by atoms with Gasteiger partial charge in [-0.2, -0.15) is 15.0 Å². The zero-order valence-corrected chi connectivity index (χ0v) is 20.2. The van der Waals surface area contributed by atoms with Crippen molar-refractivity contribution in [2.75, 3.05) is 14.2 Å². The van der Waals surface area contributed by atoms with Crippen LogP contribution in [0.4, 0.5) is 17.1 Å². The molecule has 0 N–H and O–H groups in total. The maximum atomic E-state index is 10.4. The van der Waals surface area contributed by atoms with Gasteiger partial charge in [-0.25, -0.2) is 14.4 Å². The molecule has 10 heteroatoms. The zero-order valence-electron chi connectivity index (χ0n) is 20.2. The molecule has 0 aliphatic rings. The molecule has 0 spiro atoms. The number of rotatable bonds is 7. The highest BCUT2D eigenvalue weighted by molar-refractivity contribution is 6.00. The number of hydrogen-bond donors (Lipinski definition) is 0. The predicted molar refractivity (Wildman–Crippen MR) is 139 cm³/mol. The van der Waals surface area contributed by atoms with Gasteiger partial charge in [-0.15, -0.1) is 5.26 Å². The quantitative estimate of drug-likeness (QED) is 0.171. The van der Waals surface area contributed by atoms with Gasteiger partial charge in [-0.1, -0.05) is 36.4 Å². The first kappa shape index (κ1) is 26.8. The summed E-state index contributed by atoms with van der Waals surface area (Å²) in [4.78, 5) is 41.6. The van der Waals surface area contributed by atoms with Gasteiger partial charge in [0.25, 0.3) is 6.26 Å². The first-order valence-corrected chi connectivity index (χ1v) is 10.8. The summed E-state index contributed by atoms with van der Waals surface area (Å²) in [7, 11) is 2.99. The fourth-order valence-electron chi connectivity index (χ4n) is 3.55. The number of fused-ring (bicyclic) bond motifs is 1. The number of carbonyl (C=O) groups excluding carboxylic acids is 3. The number of isocyanates is 3. The second-order valence-electron chi connectivity index (χ2n) is 7.20. The molecule has 186 valence electrons. The number of ether oxygens (including phenoxy) is 3. The van der Waals surface area contributed by atoms with Crippen LogP contribution in [0.25, 0.3) is 21.9 Å². The highest BCUT2D eigenvalue weighted by Gasteiger charge is 2.10. The molecule has 10 nitrogen and oxygen atoms in total. The summed E-state index contributed by atoms with van der Waals surface area (Å²) >= 11 is 0. The van der Waals surface area contributed by atoms with Crippen molar-refractivity contribution in [1.82, 2.24) is 0 Å². The van der Waals surface area contributed by atoms with Crippen LogP contribution in [0.1, 0.15) is 0 Å². The van der Waals surface area contributed by atoms with Gasteiger partial charge in [0, 0.05) is 10.8 Å². The maximum absolute atomic E-state index is 10.4. The average molecular weight is 506 g/mol. The van der Waals surface area contributed by atoms with Gasteiger partial charge >= 0.3 is 0 Å². The molecule has 0 aliphatic carbocycles. The van der Waals surface area contributed by atoms with Gasteiger partial charge in [0.1, 0.15) is 11.4 Å². The van der Waals surface area contributed by atoms with Gasteiger partial charge in [-0.3, -0.25) is 0 Å². The van der Waals surface area contributed by atoms with Crippen molar-refractivity contribution in [3.63, 3.8) is 0 Å². The molecule has 0 fully saturated rings. The van der Waals surface area contributed by atoms with Gasteiger partial charge in [0.05, 0.1) is 25.6 Å². The molecule has 0 amide bonds. The highest BCUT2D eigenvalue weighted by atomic mass is 16.5. The number of nitrogens with zero attached hydrogens (tertiary/aromatic N) is 4. The molecule has 0 saturated heterocycles. The molecular weight excluding hydrogens is 488 g/mol. The molecule has 0 aliphatic heterocycles. The van der Waals surface area contributed by atoms with E-state index in [0.717, 1.165) is 21.9 Å². The van der Waals surface area contributed by atoms with Crippen LogP contribution < -0.4 is 14.2 Å². The normalized spacial score (nSPS) is 9.29. The standard InChI is InChI=1S/C16H12N2O4.C12H6N2O2/c1-20-15-7-11(3-5-13(15)18-10-19)12-4-6-14(22-9-17)16(8-12)21-2;15-7-13-11-5-1-3-9-10(11)4-2-6-12(9)14-8-16/h3-8H,1-2H3;1-6H. The summed E-state index contributed by atoms with van der Waals surface area (Å²) in [6.45, 7) is 0. The van der Waals surface area contributed by atoms with Crippen molar-refractivity contribution >= 4 is 46.1 Å². The maximum Gasteiger partial charge on any atom is 0.292 e. The summed E-state index contributed by atoms with van der Waals surface area (Å²) in [5.74, 6) is 1.23. The predicted octanol–water partition coefficient (Wildman–Crippen LogP) is 5.97. The number of methoxy groups -OCH3 is 2. The average Bonchev–Trinajstić information content (AvgIpc) is 2.95. The lowest BCUT2D eigenvalue weighted by molar-refractivity contribution is 0.384. The fraction of sp³-hybridized carbons (Fsp3) is 0.0714. The highest BCUT2D eigenvalue weighted by Crippen LogP contribution is 2.36. The molecule has 0 atom stereocenters. The minimum Gasteiger partial charge on any atom is -0.494 e. The Balaban J connectivity index is 0.000000221. The smallest absolute Gasteiger partial charge is 0.292 e. The van der Waals surface area contributed by atoms with E-state index >= 15 is 0 Å². The molecule has 38 heavy (non-hydrogen) atoms. The van der Waals surface area contributed by atoms with Crippen LogP contribution >= 0.6 is 0 Å². The molecule has 0 heterocycles. The third-order valence-electron chi connectivity index (χ3n) is 5.21. The minimum atomic E-state index is 0.336. The lowest BCUT2D eigenvalue weighted by Gasteiger charge is -2.10. The molecule has 0 saturated carbocycles. The zero-order chi connectivity index (χ0) is 27.3. The van der Waals surface area contributed by atoms with Crippen LogP contribution in [0.5, 0.6) is 17.2 Å². The number of benzene rings is 4. The van der Waals surface area contributed by atoms with E-state index < -0.39 is 0 Å². The van der Waals surface area contributed by atoms with E-state index in [-0.39, 0.29) is 0 Å². The Morgan fingerprint density at radius 3 is 1.61 bits per heavy atom. The first-order chi connectivity index (χ1) is 18.6. The van der Waals surface area contributed by atoms with Crippen LogP contribution in [-0.2, 0) is 14.4 Å². The largest absolute Gasteiger partial charge is 0.494 e. The van der Waals surface area contributed by atoms with Crippen molar-refractivity contribution in [2.45, 2.75) is 0 Å². The second kappa shape index (κ2) is 13.3. The van der Waals surface area contributed by atoms with E-state index in [1.165, 1.54) is 32.5 Å². The van der Waals surface area contributed by atoms with Crippen molar-refractivity contribution < 1.29 is 28.6 Å². The first-order valence-electron chi connectivity index (χ1n) is 10.8. The Bertz CT molecular complexity index is 1600. The molecule has 4 aromatic rings. The van der Waals surface area contributed by atoms with Crippen molar-refractivity contribution in [1.29, 1.82) is 5.26 Å². The third kappa shape index (κ3) is 6.23. The van der Waals surface area contributed by atoms with Gasteiger partial charge in [0.2, 0.25) is 18.2 Å². The SMILES string of the molecule is COc1cc(-c2ccc(OC#N)c(OC)c2)ccc1N=C=O.O=C=Nc1cccc2c(N=C=O)cccc12. The Morgan fingerprint density at radius 1 is 0.605 bits per heavy atom.